The van der Waals surface area contributed by atoms with Crippen molar-refractivity contribution in [1.82, 2.24) is 0 Å². The second kappa shape index (κ2) is 8.76. The molecule has 2 aromatic carbocycles. The topological polar surface area (TPSA) is 55.8 Å². The van der Waals surface area contributed by atoms with Gasteiger partial charge in [-0.2, -0.15) is 0 Å². The first kappa shape index (κ1) is 20.6. The van der Waals surface area contributed by atoms with Gasteiger partial charge in [0.2, 0.25) is 0 Å². The molecule has 0 atom stereocenters. The summed E-state index contributed by atoms with van der Waals surface area (Å²) in [7, 11) is 0. The summed E-state index contributed by atoms with van der Waals surface area (Å²) in [5, 5.41) is 9.38. The number of carbonyl (C=O) groups is 1. The summed E-state index contributed by atoms with van der Waals surface area (Å²) >= 11 is 0. The van der Waals surface area contributed by atoms with Crippen LogP contribution < -0.4 is 9.47 Å². The van der Waals surface area contributed by atoms with E-state index in [0.717, 1.165) is 16.9 Å². The second-order valence-corrected chi connectivity index (χ2v) is 7.21. The second-order valence-electron chi connectivity index (χ2n) is 7.21. The number of rotatable bonds is 7. The van der Waals surface area contributed by atoms with Gasteiger partial charge in [-0.15, -0.1) is 0 Å². The molecule has 0 aliphatic carbocycles. The van der Waals surface area contributed by atoms with E-state index in [-0.39, 0.29) is 16.9 Å². The Morgan fingerprint density at radius 1 is 1.00 bits per heavy atom. The van der Waals surface area contributed by atoms with E-state index in [1.165, 1.54) is 18.2 Å². The number of benzene rings is 2. The number of allylic oxidation sites excluding steroid dienone is 1. The SMILES string of the molecule is CCOc1ccc(C(C)(C)C)c(OCC)c1C=CC(=O)c1ccc(O)cc1. The third-order valence-electron chi connectivity index (χ3n) is 4.11. The molecule has 2 rings (SSSR count). The van der Waals surface area contributed by atoms with Crippen LogP contribution in [0.5, 0.6) is 17.2 Å². The predicted molar refractivity (Wildman–Crippen MR) is 109 cm³/mol. The summed E-state index contributed by atoms with van der Waals surface area (Å²) in [4.78, 5) is 12.5. The largest absolute Gasteiger partial charge is 0.508 e. The molecule has 4 heteroatoms. The Labute approximate surface area is 161 Å². The van der Waals surface area contributed by atoms with Gasteiger partial charge in [0.25, 0.3) is 0 Å². The van der Waals surface area contributed by atoms with Gasteiger partial charge in [0, 0.05) is 11.1 Å². The highest BCUT2D eigenvalue weighted by atomic mass is 16.5. The van der Waals surface area contributed by atoms with E-state index in [1.807, 2.05) is 26.0 Å². The smallest absolute Gasteiger partial charge is 0.185 e. The van der Waals surface area contributed by atoms with Gasteiger partial charge in [0.1, 0.15) is 17.2 Å². The highest BCUT2D eigenvalue weighted by molar-refractivity contribution is 6.07. The summed E-state index contributed by atoms with van der Waals surface area (Å²) in [6, 6.07) is 10.1. The first-order chi connectivity index (χ1) is 12.8. The van der Waals surface area contributed by atoms with Crippen LogP contribution in [0.3, 0.4) is 0 Å². The summed E-state index contributed by atoms with van der Waals surface area (Å²) in [5.74, 6) is 1.40. The van der Waals surface area contributed by atoms with Gasteiger partial charge >= 0.3 is 0 Å². The lowest BCUT2D eigenvalue weighted by Gasteiger charge is -2.25. The maximum Gasteiger partial charge on any atom is 0.185 e. The molecule has 0 spiro atoms. The Hall–Kier alpha value is -2.75. The molecule has 0 aliphatic heterocycles. The number of hydrogen-bond donors (Lipinski definition) is 1. The van der Waals surface area contributed by atoms with Crippen LogP contribution in [0.15, 0.2) is 42.5 Å². The summed E-state index contributed by atoms with van der Waals surface area (Å²) < 4.78 is 11.7. The van der Waals surface area contributed by atoms with Crippen molar-refractivity contribution in [3.8, 4) is 17.2 Å². The van der Waals surface area contributed by atoms with E-state index in [1.54, 1.807) is 18.2 Å². The fraction of sp³-hybridized carbons (Fsp3) is 0.348. The van der Waals surface area contributed by atoms with Gasteiger partial charge < -0.3 is 14.6 Å². The molecule has 0 saturated carbocycles. The minimum absolute atomic E-state index is 0.112. The van der Waals surface area contributed by atoms with Crippen LogP contribution in [0.4, 0.5) is 0 Å². The first-order valence-corrected chi connectivity index (χ1v) is 9.22. The first-order valence-electron chi connectivity index (χ1n) is 9.22. The van der Waals surface area contributed by atoms with Crippen molar-refractivity contribution in [3.63, 3.8) is 0 Å². The molecule has 0 aromatic heterocycles. The Balaban J connectivity index is 2.51. The van der Waals surface area contributed by atoms with E-state index < -0.39 is 0 Å². The Kier molecular flexibility index (Phi) is 6.67. The molecule has 0 fully saturated rings. The van der Waals surface area contributed by atoms with Crippen molar-refractivity contribution in [3.05, 3.63) is 59.2 Å². The molecule has 2 aromatic rings. The highest BCUT2D eigenvalue weighted by Gasteiger charge is 2.23. The van der Waals surface area contributed by atoms with Gasteiger partial charge in [-0.25, -0.2) is 0 Å². The van der Waals surface area contributed by atoms with Gasteiger partial charge in [-0.05, 0) is 61.7 Å². The molecular formula is C23H28O4. The molecular weight excluding hydrogens is 340 g/mol. The van der Waals surface area contributed by atoms with Crippen LogP contribution in [0.25, 0.3) is 6.08 Å². The van der Waals surface area contributed by atoms with E-state index in [4.69, 9.17) is 9.47 Å². The van der Waals surface area contributed by atoms with E-state index in [0.29, 0.717) is 24.5 Å². The quantitative estimate of drug-likeness (QED) is 0.526. The Bertz CT molecular complexity index is 812. The highest BCUT2D eigenvalue weighted by Crippen LogP contribution is 2.40. The zero-order valence-electron chi connectivity index (χ0n) is 16.7. The summed E-state index contributed by atoms with van der Waals surface area (Å²) in [5.41, 5.74) is 2.22. The van der Waals surface area contributed by atoms with Crippen LogP contribution >= 0.6 is 0 Å². The Morgan fingerprint density at radius 2 is 1.63 bits per heavy atom. The standard InChI is InChI=1S/C23H28O4/c1-6-26-21-15-13-19(23(3,4)5)22(27-7-2)18(21)12-14-20(25)16-8-10-17(24)11-9-16/h8-15,24H,6-7H2,1-5H3. The third kappa shape index (κ3) is 5.13. The van der Waals surface area contributed by atoms with Crippen LogP contribution in [-0.4, -0.2) is 24.1 Å². The Morgan fingerprint density at radius 3 is 2.19 bits per heavy atom. The molecule has 1 N–H and O–H groups in total. The normalized spacial score (nSPS) is 11.6. The molecule has 4 nitrogen and oxygen atoms in total. The van der Waals surface area contributed by atoms with Crippen molar-refractivity contribution in [2.45, 2.75) is 40.0 Å². The maximum atomic E-state index is 12.5. The van der Waals surface area contributed by atoms with Crippen LogP contribution in [-0.2, 0) is 5.41 Å². The third-order valence-corrected chi connectivity index (χ3v) is 4.11. The minimum atomic E-state index is -0.152. The molecule has 0 bridgehead atoms. The lowest BCUT2D eigenvalue weighted by atomic mass is 9.84. The van der Waals surface area contributed by atoms with Crippen LogP contribution in [0.1, 0.15) is 56.1 Å². The average Bonchev–Trinajstić information content (AvgIpc) is 2.61. The van der Waals surface area contributed by atoms with Gasteiger partial charge in [-0.1, -0.05) is 26.8 Å². The van der Waals surface area contributed by atoms with E-state index >= 15 is 0 Å². The molecule has 27 heavy (non-hydrogen) atoms. The fourth-order valence-corrected chi connectivity index (χ4v) is 2.79. The van der Waals surface area contributed by atoms with E-state index in [2.05, 4.69) is 20.8 Å². The summed E-state index contributed by atoms with van der Waals surface area (Å²) in [6.07, 6.45) is 3.26. The van der Waals surface area contributed by atoms with Crippen molar-refractivity contribution < 1.29 is 19.4 Å². The predicted octanol–water partition coefficient (Wildman–Crippen LogP) is 5.38. The fourth-order valence-electron chi connectivity index (χ4n) is 2.79. The maximum absolute atomic E-state index is 12.5. The van der Waals surface area contributed by atoms with Crippen molar-refractivity contribution in [2.75, 3.05) is 13.2 Å². The van der Waals surface area contributed by atoms with Gasteiger partial charge in [0.05, 0.1) is 18.8 Å². The number of phenols is 1. The number of hydrogen-bond acceptors (Lipinski definition) is 4. The van der Waals surface area contributed by atoms with E-state index in [9.17, 15) is 9.90 Å². The zero-order chi connectivity index (χ0) is 20.0. The number of aromatic hydroxyl groups is 1. The molecule has 0 aliphatic rings. The van der Waals surface area contributed by atoms with Crippen LogP contribution in [0, 0.1) is 0 Å². The monoisotopic (exact) mass is 368 g/mol. The molecule has 0 radical (unpaired) electrons. The van der Waals surface area contributed by atoms with Crippen LogP contribution in [0.2, 0.25) is 0 Å². The molecule has 0 amide bonds. The van der Waals surface area contributed by atoms with Crippen molar-refractivity contribution in [2.24, 2.45) is 0 Å². The van der Waals surface area contributed by atoms with Crippen molar-refractivity contribution >= 4 is 11.9 Å². The number of carbonyl (C=O) groups excluding carboxylic acids is 1. The molecule has 0 unspecified atom stereocenters. The number of ether oxygens (including phenoxy) is 2. The lowest BCUT2D eigenvalue weighted by molar-refractivity contribution is 0.104. The molecule has 0 heterocycles. The van der Waals surface area contributed by atoms with Gasteiger partial charge in [-0.3, -0.25) is 4.79 Å². The zero-order valence-corrected chi connectivity index (χ0v) is 16.7. The molecule has 0 saturated heterocycles. The van der Waals surface area contributed by atoms with Gasteiger partial charge in [0.15, 0.2) is 5.78 Å². The average molecular weight is 368 g/mol. The molecule has 144 valence electrons. The number of ketones is 1. The van der Waals surface area contributed by atoms with Crippen molar-refractivity contribution in [1.29, 1.82) is 0 Å². The number of phenolic OH excluding ortho intramolecular Hbond substituents is 1. The summed E-state index contributed by atoms with van der Waals surface area (Å²) in [6.45, 7) is 11.3. The lowest BCUT2D eigenvalue weighted by Crippen LogP contribution is -2.15. The minimum Gasteiger partial charge on any atom is -0.508 e.